The summed E-state index contributed by atoms with van der Waals surface area (Å²) in [6, 6.07) is 6.02. The number of fused-ring (bicyclic) bond motifs is 1. The monoisotopic (exact) mass is 249 g/mol. The molecule has 0 amide bonds. The summed E-state index contributed by atoms with van der Waals surface area (Å²) in [6.07, 6.45) is 0.103. The quantitative estimate of drug-likeness (QED) is 0.761. The van der Waals surface area contributed by atoms with E-state index in [1.165, 1.54) is 0 Å². The molecule has 0 aliphatic carbocycles. The van der Waals surface area contributed by atoms with Crippen LogP contribution >= 0.6 is 0 Å². The summed E-state index contributed by atoms with van der Waals surface area (Å²) in [7, 11) is 0. The number of nitrogens with zero attached hydrogens (tertiary/aromatic N) is 1. The number of hydrogen-bond donors (Lipinski definition) is 2. The molecule has 2 heterocycles. The first-order valence-electron chi connectivity index (χ1n) is 6.40. The molecule has 2 unspecified atom stereocenters. The summed E-state index contributed by atoms with van der Waals surface area (Å²) < 4.78 is 11.6. The Labute approximate surface area is 107 Å². The van der Waals surface area contributed by atoms with E-state index in [4.69, 9.17) is 15.2 Å². The molecule has 0 aromatic heterocycles. The third-order valence-corrected chi connectivity index (χ3v) is 3.30. The van der Waals surface area contributed by atoms with Gasteiger partial charge in [0, 0.05) is 19.6 Å². The zero-order valence-corrected chi connectivity index (χ0v) is 10.6. The molecule has 5 nitrogen and oxygen atoms in total. The third-order valence-electron chi connectivity index (χ3n) is 3.30. The highest BCUT2D eigenvalue weighted by atomic mass is 16.6. The van der Waals surface area contributed by atoms with Gasteiger partial charge < -0.3 is 20.1 Å². The van der Waals surface area contributed by atoms with Gasteiger partial charge in [-0.2, -0.15) is 0 Å². The van der Waals surface area contributed by atoms with Crippen molar-refractivity contribution in [2.45, 2.75) is 19.2 Å². The van der Waals surface area contributed by atoms with Crippen LogP contribution in [0, 0.1) is 0 Å². The van der Waals surface area contributed by atoms with Crippen molar-refractivity contribution in [2.24, 2.45) is 5.73 Å². The van der Waals surface area contributed by atoms with Crippen molar-refractivity contribution in [3.63, 3.8) is 0 Å². The van der Waals surface area contributed by atoms with E-state index < -0.39 is 0 Å². The highest BCUT2D eigenvalue weighted by Crippen LogP contribution is 2.40. The lowest BCUT2D eigenvalue weighted by molar-refractivity contribution is 0.104. The summed E-state index contributed by atoms with van der Waals surface area (Å²) in [6.45, 7) is 5.23. The van der Waals surface area contributed by atoms with E-state index in [2.05, 4.69) is 16.3 Å². The molecule has 1 aromatic carbocycles. The largest absolute Gasteiger partial charge is 0.486 e. The Morgan fingerprint density at radius 3 is 3.17 bits per heavy atom. The molecule has 0 saturated carbocycles. The van der Waals surface area contributed by atoms with Crippen LogP contribution in [0.3, 0.4) is 0 Å². The van der Waals surface area contributed by atoms with Crippen LogP contribution in [-0.2, 0) is 0 Å². The van der Waals surface area contributed by atoms with Crippen LogP contribution in [0.4, 0.5) is 5.69 Å². The molecule has 3 N–H and O–H groups in total. The molecular formula is C13H19N3O2. The van der Waals surface area contributed by atoms with Crippen molar-refractivity contribution in [2.75, 3.05) is 31.1 Å². The molecule has 5 heteroatoms. The van der Waals surface area contributed by atoms with Crippen LogP contribution in [0.15, 0.2) is 18.2 Å². The summed E-state index contributed by atoms with van der Waals surface area (Å²) in [5, 5.41) is 3.23. The number of piperazine rings is 1. The van der Waals surface area contributed by atoms with E-state index in [-0.39, 0.29) is 12.3 Å². The zero-order chi connectivity index (χ0) is 12.5. The van der Waals surface area contributed by atoms with Crippen LogP contribution < -0.4 is 25.4 Å². The average molecular weight is 249 g/mol. The van der Waals surface area contributed by atoms with Gasteiger partial charge in [0.25, 0.3) is 0 Å². The Hall–Kier alpha value is -1.46. The van der Waals surface area contributed by atoms with E-state index >= 15 is 0 Å². The van der Waals surface area contributed by atoms with Gasteiger partial charge in [-0.3, -0.25) is 5.32 Å². The highest BCUT2D eigenvalue weighted by Gasteiger charge is 2.25. The minimum absolute atomic E-state index is 0.0107. The van der Waals surface area contributed by atoms with Crippen molar-refractivity contribution < 1.29 is 9.47 Å². The lowest BCUT2D eigenvalue weighted by atomic mass is 10.2. The zero-order valence-electron chi connectivity index (χ0n) is 10.6. The number of nitrogens with one attached hydrogen (secondary N) is 1. The first-order valence-corrected chi connectivity index (χ1v) is 6.40. The van der Waals surface area contributed by atoms with Crippen molar-refractivity contribution >= 4 is 5.69 Å². The second kappa shape index (κ2) is 4.66. The van der Waals surface area contributed by atoms with Gasteiger partial charge in [0.15, 0.2) is 11.5 Å². The summed E-state index contributed by atoms with van der Waals surface area (Å²) in [5.41, 5.74) is 7.02. The highest BCUT2D eigenvalue weighted by molar-refractivity contribution is 5.65. The summed E-state index contributed by atoms with van der Waals surface area (Å²) in [5.74, 6) is 1.68. The minimum atomic E-state index is 0.0107. The number of rotatable bonds is 1. The lowest BCUT2D eigenvalue weighted by Crippen LogP contribution is -2.55. The predicted molar refractivity (Wildman–Crippen MR) is 70.2 cm³/mol. The topological polar surface area (TPSA) is 59.8 Å². The Morgan fingerprint density at radius 2 is 2.33 bits per heavy atom. The molecule has 2 atom stereocenters. The van der Waals surface area contributed by atoms with Crippen LogP contribution in [0.25, 0.3) is 0 Å². The van der Waals surface area contributed by atoms with Crippen molar-refractivity contribution in [1.82, 2.24) is 5.32 Å². The second-order valence-electron chi connectivity index (χ2n) is 4.85. The molecule has 0 radical (unpaired) electrons. The molecule has 0 spiro atoms. The minimum Gasteiger partial charge on any atom is -0.486 e. The number of ether oxygens (including phenoxy) is 2. The molecule has 1 saturated heterocycles. The van der Waals surface area contributed by atoms with Crippen molar-refractivity contribution in [3.05, 3.63) is 18.2 Å². The predicted octanol–water partition coefficient (Wildman–Crippen LogP) is 0.541. The van der Waals surface area contributed by atoms with Gasteiger partial charge in [-0.25, -0.2) is 0 Å². The van der Waals surface area contributed by atoms with Gasteiger partial charge in [-0.1, -0.05) is 6.07 Å². The number of nitrogens with two attached hydrogens (primary N) is 1. The van der Waals surface area contributed by atoms with E-state index in [0.717, 1.165) is 36.8 Å². The van der Waals surface area contributed by atoms with Gasteiger partial charge in [-0.15, -0.1) is 0 Å². The number of para-hydroxylation sites is 1. The van der Waals surface area contributed by atoms with Gasteiger partial charge in [-0.05, 0) is 19.1 Å². The van der Waals surface area contributed by atoms with Crippen molar-refractivity contribution in [1.29, 1.82) is 0 Å². The van der Waals surface area contributed by atoms with Gasteiger partial charge in [0.2, 0.25) is 0 Å². The standard InChI is InChI=1S/C13H19N3O2/c1-9-8-17-11-4-2-3-10(13(11)18-9)16-6-5-15-12(14)7-16/h2-4,9,12,15H,5-8,14H2,1H3. The van der Waals surface area contributed by atoms with Gasteiger partial charge in [0.1, 0.15) is 12.7 Å². The van der Waals surface area contributed by atoms with E-state index in [1.807, 2.05) is 19.1 Å². The Bertz CT molecular complexity index is 438. The normalized spacial score (nSPS) is 27.1. The fraction of sp³-hybridized carbons (Fsp3) is 0.538. The maximum absolute atomic E-state index is 5.94. The SMILES string of the molecule is CC1COc2cccc(N3CCNC(N)C3)c2O1. The van der Waals surface area contributed by atoms with Crippen molar-refractivity contribution in [3.8, 4) is 11.5 Å². The number of hydrogen-bond acceptors (Lipinski definition) is 5. The van der Waals surface area contributed by atoms with Gasteiger partial charge >= 0.3 is 0 Å². The molecule has 2 aliphatic heterocycles. The van der Waals surface area contributed by atoms with Crippen LogP contribution in [0.1, 0.15) is 6.92 Å². The second-order valence-corrected chi connectivity index (χ2v) is 4.85. The molecule has 1 aromatic rings. The Kier molecular flexibility index (Phi) is 3.01. The number of benzene rings is 1. The molecule has 2 aliphatic rings. The number of anilines is 1. The molecular weight excluding hydrogens is 230 g/mol. The summed E-state index contributed by atoms with van der Waals surface area (Å²) in [4.78, 5) is 2.25. The molecule has 1 fully saturated rings. The smallest absolute Gasteiger partial charge is 0.185 e. The van der Waals surface area contributed by atoms with E-state index in [0.29, 0.717) is 6.61 Å². The van der Waals surface area contributed by atoms with Crippen LogP contribution in [0.5, 0.6) is 11.5 Å². The maximum atomic E-state index is 5.94. The molecule has 18 heavy (non-hydrogen) atoms. The van der Waals surface area contributed by atoms with Crippen LogP contribution in [0.2, 0.25) is 0 Å². The van der Waals surface area contributed by atoms with E-state index in [9.17, 15) is 0 Å². The summed E-state index contributed by atoms with van der Waals surface area (Å²) >= 11 is 0. The Balaban J connectivity index is 1.92. The van der Waals surface area contributed by atoms with Gasteiger partial charge in [0.05, 0.1) is 11.9 Å². The fourth-order valence-electron chi connectivity index (χ4n) is 2.42. The molecule has 3 rings (SSSR count). The van der Waals surface area contributed by atoms with E-state index in [1.54, 1.807) is 0 Å². The maximum Gasteiger partial charge on any atom is 0.185 e. The molecule has 0 bridgehead atoms. The third kappa shape index (κ3) is 2.11. The first-order chi connectivity index (χ1) is 8.74. The Morgan fingerprint density at radius 1 is 1.44 bits per heavy atom. The average Bonchev–Trinajstić information content (AvgIpc) is 2.38. The van der Waals surface area contributed by atoms with Crippen LogP contribution in [-0.4, -0.2) is 38.5 Å². The first kappa shape index (κ1) is 11.6. The molecule has 98 valence electrons. The fourth-order valence-corrected chi connectivity index (χ4v) is 2.42. The lowest BCUT2D eigenvalue weighted by Gasteiger charge is -2.36.